The van der Waals surface area contributed by atoms with Gasteiger partial charge in [0.1, 0.15) is 6.07 Å². The Labute approximate surface area is 99.9 Å². The van der Waals surface area contributed by atoms with Gasteiger partial charge in [0.15, 0.2) is 5.71 Å². The third-order valence-electron chi connectivity index (χ3n) is 2.01. The molecule has 1 aliphatic rings. The Bertz CT molecular complexity index is 511. The molecular formula is C10H12N2O4S. The van der Waals surface area contributed by atoms with E-state index >= 15 is 0 Å². The van der Waals surface area contributed by atoms with Crippen LogP contribution in [0, 0.1) is 11.3 Å². The minimum absolute atomic E-state index is 0.0329. The first-order chi connectivity index (χ1) is 7.96. The SMILES string of the molecule is COC1C=CC(/C(C#N)=N/OS(C)(=O)=O)=CC1. The first kappa shape index (κ1) is 13.4. The van der Waals surface area contributed by atoms with E-state index in [0.29, 0.717) is 12.0 Å². The van der Waals surface area contributed by atoms with Crippen molar-refractivity contribution in [3.05, 3.63) is 23.8 Å². The van der Waals surface area contributed by atoms with Gasteiger partial charge in [-0.25, -0.2) is 0 Å². The Kier molecular flexibility index (Phi) is 4.43. The summed E-state index contributed by atoms with van der Waals surface area (Å²) in [6.45, 7) is 0. The number of hydrogen-bond donors (Lipinski definition) is 0. The summed E-state index contributed by atoms with van der Waals surface area (Å²) in [5.41, 5.74) is 0.436. The Morgan fingerprint density at radius 3 is 2.76 bits per heavy atom. The molecule has 7 heteroatoms. The summed E-state index contributed by atoms with van der Waals surface area (Å²) in [4.78, 5) is 0. The zero-order valence-corrected chi connectivity index (χ0v) is 10.3. The average Bonchev–Trinajstić information content (AvgIpc) is 2.29. The van der Waals surface area contributed by atoms with Crippen molar-refractivity contribution in [2.24, 2.45) is 5.16 Å². The fourth-order valence-electron chi connectivity index (χ4n) is 1.19. The molecule has 0 amide bonds. The van der Waals surface area contributed by atoms with Crippen molar-refractivity contribution in [1.29, 1.82) is 5.26 Å². The molecule has 0 spiro atoms. The Hall–Kier alpha value is -1.65. The van der Waals surface area contributed by atoms with Crippen LogP contribution in [0.25, 0.3) is 0 Å². The van der Waals surface area contributed by atoms with Crippen LogP contribution < -0.4 is 0 Å². The number of methoxy groups -OCH3 is 1. The van der Waals surface area contributed by atoms with Gasteiger partial charge in [0, 0.05) is 12.7 Å². The number of hydrogen-bond acceptors (Lipinski definition) is 6. The van der Waals surface area contributed by atoms with E-state index in [1.807, 2.05) is 0 Å². The number of nitriles is 1. The molecular weight excluding hydrogens is 244 g/mol. The molecule has 6 nitrogen and oxygen atoms in total. The molecule has 0 aromatic carbocycles. The van der Waals surface area contributed by atoms with E-state index in [9.17, 15) is 8.42 Å². The van der Waals surface area contributed by atoms with Gasteiger partial charge in [-0.1, -0.05) is 23.4 Å². The van der Waals surface area contributed by atoms with Gasteiger partial charge in [-0.2, -0.15) is 13.7 Å². The highest BCUT2D eigenvalue weighted by Crippen LogP contribution is 2.14. The lowest BCUT2D eigenvalue weighted by Gasteiger charge is -2.13. The van der Waals surface area contributed by atoms with Gasteiger partial charge in [0.25, 0.3) is 0 Å². The molecule has 0 saturated heterocycles. The van der Waals surface area contributed by atoms with Crippen LogP contribution in [0.3, 0.4) is 0 Å². The lowest BCUT2D eigenvalue weighted by atomic mass is 10.0. The quantitative estimate of drug-likeness (QED) is 0.547. The number of allylic oxidation sites excluding steroid dienone is 2. The maximum Gasteiger partial charge on any atom is 0.325 e. The Balaban J connectivity index is 2.82. The number of rotatable bonds is 4. The lowest BCUT2D eigenvalue weighted by molar-refractivity contribution is 0.142. The van der Waals surface area contributed by atoms with E-state index in [1.165, 1.54) is 0 Å². The maximum absolute atomic E-state index is 10.7. The standard InChI is InChI=1S/C10H12N2O4S/c1-15-9-5-3-8(4-6-9)10(7-11)12-16-17(2,13)14/h3-5,9H,6H2,1-2H3/b12-10+. The van der Waals surface area contributed by atoms with E-state index in [-0.39, 0.29) is 11.8 Å². The molecule has 1 unspecified atom stereocenters. The molecule has 0 fully saturated rings. The smallest absolute Gasteiger partial charge is 0.325 e. The second-order valence-corrected chi connectivity index (χ2v) is 4.92. The molecule has 1 rings (SSSR count). The van der Waals surface area contributed by atoms with Crippen molar-refractivity contribution in [3.63, 3.8) is 0 Å². The van der Waals surface area contributed by atoms with Crippen LogP contribution >= 0.6 is 0 Å². The molecule has 0 bridgehead atoms. The second kappa shape index (κ2) is 5.61. The highest BCUT2D eigenvalue weighted by atomic mass is 32.2. The summed E-state index contributed by atoms with van der Waals surface area (Å²) in [6.07, 6.45) is 6.57. The predicted octanol–water partition coefficient (Wildman–Crippen LogP) is 0.743. The normalized spacial score (nSPS) is 20.6. The van der Waals surface area contributed by atoms with Gasteiger partial charge in [0.05, 0.1) is 12.4 Å². The van der Waals surface area contributed by atoms with Crippen LogP contribution in [0.2, 0.25) is 0 Å². The second-order valence-electron chi connectivity index (χ2n) is 3.36. The third kappa shape index (κ3) is 4.38. The van der Waals surface area contributed by atoms with Crippen molar-refractivity contribution in [3.8, 4) is 6.07 Å². The van der Waals surface area contributed by atoms with E-state index < -0.39 is 10.1 Å². The molecule has 1 aliphatic carbocycles. The molecule has 0 N–H and O–H groups in total. The summed E-state index contributed by atoms with van der Waals surface area (Å²) >= 11 is 0. The van der Waals surface area contributed by atoms with Crippen molar-refractivity contribution in [1.82, 2.24) is 0 Å². The van der Waals surface area contributed by atoms with E-state index in [4.69, 9.17) is 10.00 Å². The third-order valence-corrected chi connectivity index (χ3v) is 2.35. The van der Waals surface area contributed by atoms with Crippen molar-refractivity contribution >= 4 is 15.8 Å². The highest BCUT2D eigenvalue weighted by molar-refractivity contribution is 7.85. The average molecular weight is 256 g/mol. The summed E-state index contributed by atoms with van der Waals surface area (Å²) in [7, 11) is -2.11. The molecule has 92 valence electrons. The molecule has 0 aromatic heterocycles. The molecule has 0 aromatic rings. The molecule has 1 atom stereocenters. The molecule has 0 aliphatic heterocycles. The summed E-state index contributed by atoms with van der Waals surface area (Å²) in [6, 6.07) is 1.78. The fourth-order valence-corrected chi connectivity index (χ4v) is 1.40. The van der Waals surface area contributed by atoms with Gasteiger partial charge in [-0.3, -0.25) is 4.28 Å². The number of nitrogens with zero attached hydrogens (tertiary/aromatic N) is 2. The Morgan fingerprint density at radius 2 is 2.35 bits per heavy atom. The van der Waals surface area contributed by atoms with Crippen molar-refractivity contribution in [2.75, 3.05) is 13.4 Å². The summed E-state index contributed by atoms with van der Waals surface area (Å²) in [5.74, 6) is 0. The van der Waals surface area contributed by atoms with Gasteiger partial charge in [-0.15, -0.1) is 0 Å². The van der Waals surface area contributed by atoms with Crippen LogP contribution in [-0.4, -0.2) is 33.6 Å². The Morgan fingerprint density at radius 1 is 1.65 bits per heavy atom. The monoisotopic (exact) mass is 256 g/mol. The zero-order valence-electron chi connectivity index (χ0n) is 9.45. The largest absolute Gasteiger partial charge is 0.377 e. The van der Waals surface area contributed by atoms with Gasteiger partial charge in [-0.05, 0) is 6.42 Å². The number of oxime groups is 1. The van der Waals surface area contributed by atoms with Crippen LogP contribution in [-0.2, 0) is 19.1 Å². The van der Waals surface area contributed by atoms with Crippen molar-refractivity contribution < 1.29 is 17.4 Å². The van der Waals surface area contributed by atoms with Crippen molar-refractivity contribution in [2.45, 2.75) is 12.5 Å². The van der Waals surface area contributed by atoms with E-state index in [1.54, 1.807) is 31.4 Å². The van der Waals surface area contributed by atoms with Crippen LogP contribution in [0.1, 0.15) is 6.42 Å². The van der Waals surface area contributed by atoms with Crippen LogP contribution in [0.15, 0.2) is 29.0 Å². The molecule has 0 saturated carbocycles. The maximum atomic E-state index is 10.7. The van der Waals surface area contributed by atoms with Crippen LogP contribution in [0.4, 0.5) is 0 Å². The predicted molar refractivity (Wildman–Crippen MR) is 61.6 cm³/mol. The van der Waals surface area contributed by atoms with Gasteiger partial charge >= 0.3 is 10.1 Å². The zero-order chi connectivity index (χ0) is 12.9. The molecule has 17 heavy (non-hydrogen) atoms. The van der Waals surface area contributed by atoms with E-state index in [2.05, 4.69) is 9.44 Å². The topological polar surface area (TPSA) is 88.8 Å². The minimum atomic E-state index is -3.70. The minimum Gasteiger partial charge on any atom is -0.377 e. The van der Waals surface area contributed by atoms with Crippen LogP contribution in [0.5, 0.6) is 0 Å². The fraction of sp³-hybridized carbons (Fsp3) is 0.400. The first-order valence-electron chi connectivity index (χ1n) is 4.74. The van der Waals surface area contributed by atoms with Gasteiger partial charge in [0.2, 0.25) is 0 Å². The number of ether oxygens (including phenoxy) is 1. The lowest BCUT2D eigenvalue weighted by Crippen LogP contribution is -2.12. The van der Waals surface area contributed by atoms with E-state index in [0.717, 1.165) is 6.26 Å². The molecule has 0 radical (unpaired) electrons. The summed E-state index contributed by atoms with van der Waals surface area (Å²) in [5, 5.41) is 12.1. The first-order valence-corrected chi connectivity index (χ1v) is 6.56. The van der Waals surface area contributed by atoms with Gasteiger partial charge < -0.3 is 4.74 Å². The highest BCUT2D eigenvalue weighted by Gasteiger charge is 2.12. The summed E-state index contributed by atoms with van der Waals surface area (Å²) < 4.78 is 30.8. The molecule has 0 heterocycles.